The highest BCUT2D eigenvalue weighted by Crippen LogP contribution is 2.47. The predicted molar refractivity (Wildman–Crippen MR) is 130 cm³/mol. The lowest BCUT2D eigenvalue weighted by atomic mass is 9.61. The number of halogens is 4. The van der Waals surface area contributed by atoms with Gasteiger partial charge in [0.15, 0.2) is 23.1 Å². The first-order chi connectivity index (χ1) is 17.7. The molecule has 9 nitrogen and oxygen atoms in total. The molecule has 1 saturated heterocycles. The number of carbonyl (C=O) groups is 1. The summed E-state index contributed by atoms with van der Waals surface area (Å²) in [6, 6.07) is -0.502. The fourth-order valence-electron chi connectivity index (χ4n) is 6.12. The summed E-state index contributed by atoms with van der Waals surface area (Å²) < 4.78 is 43.7. The van der Waals surface area contributed by atoms with Crippen molar-refractivity contribution >= 4 is 40.4 Å². The monoisotopic (exact) mass is 535 g/mol. The van der Waals surface area contributed by atoms with Crippen LogP contribution in [0, 0.1) is 23.6 Å². The molecule has 3 saturated carbocycles. The number of hydrogen-bond donors (Lipinski definition) is 3. The summed E-state index contributed by atoms with van der Waals surface area (Å²) in [6.07, 6.45) is 5.50. The molecule has 3 aromatic heterocycles. The number of anilines is 2. The van der Waals surface area contributed by atoms with Crippen LogP contribution < -0.4 is 10.2 Å². The molecule has 4 aliphatic rings. The van der Waals surface area contributed by atoms with Crippen LogP contribution in [0.4, 0.5) is 24.8 Å². The van der Waals surface area contributed by atoms with Gasteiger partial charge in [-0.1, -0.05) is 11.6 Å². The molecule has 13 heteroatoms. The lowest BCUT2D eigenvalue weighted by molar-refractivity contribution is -0.148. The fraction of sp³-hybridized carbons (Fsp3) is 0.542. The van der Waals surface area contributed by atoms with Gasteiger partial charge in [-0.15, -0.1) is 0 Å². The Morgan fingerprint density at radius 3 is 2.54 bits per heavy atom. The summed E-state index contributed by atoms with van der Waals surface area (Å²) in [5.74, 6) is -5.26. The molecule has 37 heavy (non-hydrogen) atoms. The molecule has 0 aromatic carbocycles. The van der Waals surface area contributed by atoms with E-state index in [2.05, 4.69) is 30.2 Å². The maximum absolute atomic E-state index is 16.0. The maximum Gasteiger partial charge on any atom is 0.308 e. The van der Waals surface area contributed by atoms with Crippen LogP contribution in [0.15, 0.2) is 12.4 Å². The number of H-pyrrole nitrogens is 1. The lowest BCUT2D eigenvalue weighted by Crippen LogP contribution is -2.51. The van der Waals surface area contributed by atoms with Gasteiger partial charge in [0.2, 0.25) is 5.82 Å². The van der Waals surface area contributed by atoms with Crippen molar-refractivity contribution in [2.45, 2.75) is 50.5 Å². The first-order valence-electron chi connectivity index (χ1n) is 12.4. The third-order valence-electron chi connectivity index (χ3n) is 8.03. The van der Waals surface area contributed by atoms with Crippen LogP contribution in [0.5, 0.6) is 0 Å². The largest absolute Gasteiger partial charge is 0.481 e. The number of nitrogens with one attached hydrogen (secondary N) is 2. The van der Waals surface area contributed by atoms with Gasteiger partial charge in [-0.25, -0.2) is 28.7 Å². The molecule has 196 valence electrons. The number of alkyl halides is 2. The van der Waals surface area contributed by atoms with E-state index in [9.17, 15) is 18.7 Å². The average Bonchev–Trinajstić information content (AvgIpc) is 3.29. The van der Waals surface area contributed by atoms with Gasteiger partial charge in [0.05, 0.1) is 17.7 Å². The van der Waals surface area contributed by atoms with E-state index in [4.69, 9.17) is 11.6 Å². The maximum atomic E-state index is 16.0. The Kier molecular flexibility index (Phi) is 5.89. The lowest BCUT2D eigenvalue weighted by Gasteiger charge is -2.47. The van der Waals surface area contributed by atoms with Gasteiger partial charge in [-0.3, -0.25) is 4.79 Å². The number of carboxylic acids is 1. The summed E-state index contributed by atoms with van der Waals surface area (Å²) in [7, 11) is 0. The third-order valence-corrected chi connectivity index (χ3v) is 8.21. The van der Waals surface area contributed by atoms with E-state index >= 15 is 4.39 Å². The van der Waals surface area contributed by atoms with Crippen molar-refractivity contribution in [3.63, 3.8) is 0 Å². The van der Waals surface area contributed by atoms with Gasteiger partial charge in [-0.2, -0.15) is 4.39 Å². The summed E-state index contributed by atoms with van der Waals surface area (Å²) in [6.45, 7) is -0.156. The van der Waals surface area contributed by atoms with E-state index in [0.717, 1.165) is 25.7 Å². The molecule has 2 bridgehead atoms. The van der Waals surface area contributed by atoms with Gasteiger partial charge >= 0.3 is 5.97 Å². The van der Waals surface area contributed by atoms with Crippen LogP contribution in [0.2, 0.25) is 5.15 Å². The number of aromatic nitrogens is 5. The predicted octanol–water partition coefficient (Wildman–Crippen LogP) is 4.74. The minimum Gasteiger partial charge on any atom is -0.481 e. The second-order valence-electron chi connectivity index (χ2n) is 10.2. The molecule has 3 aliphatic carbocycles. The van der Waals surface area contributed by atoms with Gasteiger partial charge in [0.25, 0.3) is 5.92 Å². The number of aromatic amines is 1. The Hall–Kier alpha value is -3.15. The van der Waals surface area contributed by atoms with E-state index in [1.807, 2.05) is 0 Å². The van der Waals surface area contributed by atoms with Gasteiger partial charge < -0.3 is 20.3 Å². The Morgan fingerprint density at radius 1 is 1.14 bits per heavy atom. The normalized spacial score (nSPS) is 27.0. The van der Waals surface area contributed by atoms with Crippen molar-refractivity contribution in [3.05, 3.63) is 23.4 Å². The number of nitrogens with zero attached hydrogens (tertiary/aromatic N) is 5. The van der Waals surface area contributed by atoms with E-state index in [0.29, 0.717) is 16.7 Å². The van der Waals surface area contributed by atoms with Crippen molar-refractivity contribution < 1.29 is 23.1 Å². The van der Waals surface area contributed by atoms with Crippen LogP contribution in [0.1, 0.15) is 38.5 Å². The van der Waals surface area contributed by atoms with Crippen LogP contribution in [-0.2, 0) is 4.79 Å². The molecule has 0 unspecified atom stereocenters. The molecular formula is C24H25ClF3N7O2. The number of piperidine rings is 1. The minimum atomic E-state index is -2.82. The smallest absolute Gasteiger partial charge is 0.308 e. The van der Waals surface area contributed by atoms with Gasteiger partial charge in [0, 0.05) is 38.2 Å². The van der Waals surface area contributed by atoms with E-state index in [1.165, 1.54) is 11.1 Å². The summed E-state index contributed by atoms with van der Waals surface area (Å²) in [5.41, 5.74) is 1.22. The van der Waals surface area contributed by atoms with Crippen molar-refractivity contribution in [3.8, 4) is 11.4 Å². The van der Waals surface area contributed by atoms with Crippen molar-refractivity contribution in [2.75, 3.05) is 23.3 Å². The highest BCUT2D eigenvalue weighted by molar-refractivity contribution is 6.29. The zero-order valence-corrected chi connectivity index (χ0v) is 20.5. The van der Waals surface area contributed by atoms with Crippen molar-refractivity contribution in [2.24, 2.45) is 17.8 Å². The SMILES string of the molecule is O=C(O)[C@H]1C2CCC(CC2)[C@H]1Nc1nc(-c2c[nH]c3ncc(Cl)nc23)nc(N2CCC(F)(F)CC2)c1F. The number of carboxylic acid groups (broad SMARTS) is 1. The molecule has 4 fully saturated rings. The first-order valence-corrected chi connectivity index (χ1v) is 12.8. The molecule has 2 atom stereocenters. The fourth-order valence-corrected chi connectivity index (χ4v) is 6.25. The highest BCUT2D eigenvalue weighted by Gasteiger charge is 2.48. The number of aliphatic carboxylic acids is 1. The van der Waals surface area contributed by atoms with E-state index < -0.39 is 42.5 Å². The molecule has 0 amide bonds. The second-order valence-corrected chi connectivity index (χ2v) is 10.6. The second kappa shape index (κ2) is 9.00. The Morgan fingerprint density at radius 2 is 1.84 bits per heavy atom. The zero-order valence-electron chi connectivity index (χ0n) is 19.7. The zero-order chi connectivity index (χ0) is 25.9. The molecule has 0 spiro atoms. The minimum absolute atomic E-state index is 0.0131. The van der Waals surface area contributed by atoms with Gasteiger partial charge in [0.1, 0.15) is 10.7 Å². The number of rotatable bonds is 5. The summed E-state index contributed by atoms with van der Waals surface area (Å²) >= 11 is 6.05. The van der Waals surface area contributed by atoms with Crippen LogP contribution in [-0.4, -0.2) is 61.0 Å². The molecule has 3 aromatic rings. The quantitative estimate of drug-likeness (QED) is 0.428. The summed E-state index contributed by atoms with van der Waals surface area (Å²) in [4.78, 5) is 34.0. The van der Waals surface area contributed by atoms with Crippen molar-refractivity contribution in [1.82, 2.24) is 24.9 Å². The van der Waals surface area contributed by atoms with Crippen LogP contribution >= 0.6 is 11.6 Å². The molecule has 3 N–H and O–H groups in total. The number of hydrogen-bond acceptors (Lipinski definition) is 7. The van der Waals surface area contributed by atoms with E-state index in [1.54, 1.807) is 6.20 Å². The molecule has 4 heterocycles. The summed E-state index contributed by atoms with van der Waals surface area (Å²) in [5, 5.41) is 13.2. The Balaban J connectivity index is 1.44. The molecule has 7 rings (SSSR count). The van der Waals surface area contributed by atoms with Crippen molar-refractivity contribution in [1.29, 1.82) is 0 Å². The molecule has 0 radical (unpaired) electrons. The topological polar surface area (TPSA) is 120 Å². The van der Waals surface area contributed by atoms with E-state index in [-0.39, 0.29) is 47.5 Å². The third kappa shape index (κ3) is 4.34. The standard InChI is InChI=1S/C24H25ClF3N7O2/c25-14-10-30-21-18(31-14)13(9-29-21)19-33-20(16(26)22(34-19)35-7-5-24(27,28)6-8-35)32-17-12-3-1-11(2-4-12)15(17)23(36)37/h9-12,15,17H,1-8H2,(H,29,30)(H,36,37)(H,32,33,34)/t11?,12?,15-,17+/m0/s1. The number of fused-ring (bicyclic) bond motifs is 4. The Labute approximate surface area is 214 Å². The van der Waals surface area contributed by atoms with Crippen LogP contribution in [0.25, 0.3) is 22.6 Å². The van der Waals surface area contributed by atoms with Crippen LogP contribution in [0.3, 0.4) is 0 Å². The average molecular weight is 536 g/mol. The first kappa shape index (κ1) is 24.2. The highest BCUT2D eigenvalue weighted by atomic mass is 35.5. The van der Waals surface area contributed by atoms with Gasteiger partial charge in [-0.05, 0) is 37.5 Å². The molecule has 1 aliphatic heterocycles. The Bertz CT molecular complexity index is 1350. The molecular weight excluding hydrogens is 511 g/mol.